The van der Waals surface area contributed by atoms with E-state index in [1.165, 1.54) is 11.0 Å². The van der Waals surface area contributed by atoms with Crippen LogP contribution in [0.15, 0.2) is 22.7 Å². The molecular weight excluding hydrogens is 346 g/mol. The zero-order chi connectivity index (χ0) is 14.2. The van der Waals surface area contributed by atoms with Crippen LogP contribution in [0.4, 0.5) is 13.2 Å². The highest BCUT2D eigenvalue weighted by molar-refractivity contribution is 9.10. The maximum atomic E-state index is 12.6. The summed E-state index contributed by atoms with van der Waals surface area (Å²) in [6.07, 6.45) is -3.81. The van der Waals surface area contributed by atoms with Crippen LogP contribution >= 0.6 is 27.5 Å². The van der Waals surface area contributed by atoms with Gasteiger partial charge in [-0.05, 0) is 40.5 Å². The van der Waals surface area contributed by atoms with E-state index in [4.69, 9.17) is 11.6 Å². The number of likely N-dealkylation sites (tertiary alicyclic amines) is 1. The minimum absolute atomic E-state index is 0.0144. The Bertz CT molecular complexity index is 506. The number of carbonyl (C=O) groups is 1. The molecule has 0 radical (unpaired) electrons. The van der Waals surface area contributed by atoms with Crippen molar-refractivity contribution in [3.05, 3.63) is 33.8 Å². The Balaban J connectivity index is 2.31. The van der Waals surface area contributed by atoms with Gasteiger partial charge in [0.1, 0.15) is 0 Å². The predicted molar refractivity (Wildman–Crippen MR) is 69.3 cm³/mol. The molecule has 7 heteroatoms. The van der Waals surface area contributed by atoms with Crippen LogP contribution in [0.3, 0.4) is 0 Å². The summed E-state index contributed by atoms with van der Waals surface area (Å²) in [6.45, 7) is 0.832. The largest absolute Gasteiger partial charge is 0.416 e. The molecule has 0 aliphatic carbocycles. The maximum absolute atomic E-state index is 12.6. The van der Waals surface area contributed by atoms with Gasteiger partial charge in [0.05, 0.1) is 16.5 Å². The lowest BCUT2D eigenvalue weighted by atomic mass is 10.1. The zero-order valence-corrected chi connectivity index (χ0v) is 12.0. The second kappa shape index (κ2) is 5.32. The number of rotatable bonds is 1. The van der Waals surface area contributed by atoms with Gasteiger partial charge in [-0.3, -0.25) is 4.79 Å². The Morgan fingerprint density at radius 2 is 2.11 bits per heavy atom. The lowest BCUT2D eigenvalue weighted by molar-refractivity contribution is -0.137. The van der Waals surface area contributed by atoms with E-state index >= 15 is 0 Å². The summed E-state index contributed by atoms with van der Waals surface area (Å²) in [4.78, 5) is 13.6. The second-order valence-corrected chi connectivity index (χ2v) is 5.80. The smallest absolute Gasteiger partial charge is 0.337 e. The SMILES string of the molecule is O=C(c1cc(C(F)(F)F)ccc1Br)N1CCC(Cl)C1. The number of amides is 1. The predicted octanol–water partition coefficient (Wildman–Crippen LogP) is 3.92. The number of hydrogen-bond acceptors (Lipinski definition) is 1. The van der Waals surface area contributed by atoms with E-state index in [1.54, 1.807) is 0 Å². The topological polar surface area (TPSA) is 20.3 Å². The normalized spacial score (nSPS) is 19.8. The maximum Gasteiger partial charge on any atom is 0.416 e. The van der Waals surface area contributed by atoms with Gasteiger partial charge in [0.2, 0.25) is 0 Å². The van der Waals surface area contributed by atoms with Gasteiger partial charge in [-0.1, -0.05) is 0 Å². The van der Waals surface area contributed by atoms with Crippen molar-refractivity contribution >= 4 is 33.4 Å². The third-order valence-corrected chi connectivity index (χ3v) is 3.99. The number of benzene rings is 1. The fourth-order valence-electron chi connectivity index (χ4n) is 1.94. The van der Waals surface area contributed by atoms with Gasteiger partial charge in [0, 0.05) is 17.6 Å². The highest BCUT2D eigenvalue weighted by atomic mass is 79.9. The molecule has 0 bridgehead atoms. The fourth-order valence-corrected chi connectivity index (χ4v) is 2.62. The van der Waals surface area contributed by atoms with E-state index in [2.05, 4.69) is 15.9 Å². The number of nitrogens with zero attached hydrogens (tertiary/aromatic N) is 1. The molecule has 1 amide bonds. The van der Waals surface area contributed by atoms with Crippen LogP contribution in [-0.2, 0) is 6.18 Å². The number of carbonyl (C=O) groups excluding carboxylic acids is 1. The molecule has 1 heterocycles. The summed E-state index contributed by atoms with van der Waals surface area (Å²) in [5.41, 5.74) is -0.818. The molecule has 2 rings (SSSR count). The quantitative estimate of drug-likeness (QED) is 0.699. The minimum atomic E-state index is -4.46. The molecule has 1 fully saturated rings. The van der Waals surface area contributed by atoms with Crippen molar-refractivity contribution in [3.8, 4) is 0 Å². The average Bonchev–Trinajstić information content (AvgIpc) is 2.74. The van der Waals surface area contributed by atoms with E-state index in [0.717, 1.165) is 12.1 Å². The van der Waals surface area contributed by atoms with E-state index in [0.29, 0.717) is 24.0 Å². The average molecular weight is 357 g/mol. The van der Waals surface area contributed by atoms with Crippen molar-refractivity contribution in [2.24, 2.45) is 0 Å². The Morgan fingerprint density at radius 1 is 1.42 bits per heavy atom. The van der Waals surface area contributed by atoms with Gasteiger partial charge in [-0.15, -0.1) is 11.6 Å². The molecule has 1 aliphatic rings. The summed E-state index contributed by atoms with van der Waals surface area (Å²) in [5, 5.41) is -0.131. The van der Waals surface area contributed by atoms with Crippen molar-refractivity contribution in [1.29, 1.82) is 0 Å². The lowest BCUT2D eigenvalue weighted by Gasteiger charge is -2.17. The van der Waals surface area contributed by atoms with E-state index in [-0.39, 0.29) is 10.9 Å². The molecule has 0 N–H and O–H groups in total. The van der Waals surface area contributed by atoms with Gasteiger partial charge in [-0.25, -0.2) is 0 Å². The van der Waals surface area contributed by atoms with E-state index in [9.17, 15) is 18.0 Å². The van der Waals surface area contributed by atoms with Crippen LogP contribution in [0.2, 0.25) is 0 Å². The molecule has 1 saturated heterocycles. The van der Waals surface area contributed by atoms with Crippen molar-refractivity contribution in [2.45, 2.75) is 18.0 Å². The third kappa shape index (κ3) is 3.23. The molecule has 2 nitrogen and oxygen atoms in total. The number of hydrogen-bond donors (Lipinski definition) is 0. The van der Waals surface area contributed by atoms with Crippen LogP contribution < -0.4 is 0 Å². The van der Waals surface area contributed by atoms with Gasteiger partial charge in [0.15, 0.2) is 0 Å². The molecular formula is C12H10BrClF3NO. The summed E-state index contributed by atoms with van der Waals surface area (Å²) in [6, 6.07) is 3.05. The summed E-state index contributed by atoms with van der Waals surface area (Å²) >= 11 is 9.01. The molecule has 104 valence electrons. The Labute approximate surface area is 121 Å². The molecule has 0 spiro atoms. The molecule has 1 unspecified atom stereocenters. The van der Waals surface area contributed by atoms with Crippen molar-refractivity contribution in [3.63, 3.8) is 0 Å². The van der Waals surface area contributed by atoms with E-state index in [1.807, 2.05) is 0 Å². The second-order valence-electron chi connectivity index (χ2n) is 4.33. The molecule has 1 aliphatic heterocycles. The highest BCUT2D eigenvalue weighted by Crippen LogP contribution is 2.32. The Kier molecular flexibility index (Phi) is 4.11. The van der Waals surface area contributed by atoms with Gasteiger partial charge >= 0.3 is 6.18 Å². The monoisotopic (exact) mass is 355 g/mol. The van der Waals surface area contributed by atoms with Gasteiger partial charge in [0.25, 0.3) is 5.91 Å². The molecule has 0 saturated carbocycles. The van der Waals surface area contributed by atoms with Crippen LogP contribution in [0, 0.1) is 0 Å². The number of halogens is 5. The third-order valence-electron chi connectivity index (χ3n) is 2.94. The van der Waals surface area contributed by atoms with E-state index < -0.39 is 17.6 Å². The first-order valence-electron chi connectivity index (χ1n) is 5.59. The molecule has 1 aromatic carbocycles. The van der Waals surface area contributed by atoms with Crippen LogP contribution in [0.1, 0.15) is 22.3 Å². The summed E-state index contributed by atoms with van der Waals surface area (Å²) in [5.74, 6) is -0.430. The van der Waals surface area contributed by atoms with Crippen molar-refractivity contribution in [1.82, 2.24) is 4.90 Å². The van der Waals surface area contributed by atoms with Crippen LogP contribution in [0.5, 0.6) is 0 Å². The highest BCUT2D eigenvalue weighted by Gasteiger charge is 2.33. The fraction of sp³-hybridized carbons (Fsp3) is 0.417. The Hall–Kier alpha value is -0.750. The molecule has 0 aromatic heterocycles. The molecule has 1 aromatic rings. The minimum Gasteiger partial charge on any atom is -0.337 e. The van der Waals surface area contributed by atoms with Crippen molar-refractivity contribution < 1.29 is 18.0 Å². The summed E-state index contributed by atoms with van der Waals surface area (Å²) in [7, 11) is 0. The number of alkyl halides is 4. The van der Waals surface area contributed by atoms with Gasteiger partial charge in [-0.2, -0.15) is 13.2 Å². The van der Waals surface area contributed by atoms with Crippen LogP contribution in [-0.4, -0.2) is 29.3 Å². The first-order chi connectivity index (χ1) is 8.79. The lowest BCUT2D eigenvalue weighted by Crippen LogP contribution is -2.29. The van der Waals surface area contributed by atoms with Gasteiger partial charge < -0.3 is 4.90 Å². The standard InChI is InChI=1S/C12H10BrClF3NO/c13-10-2-1-7(12(15,16)17)5-9(10)11(19)18-4-3-8(14)6-18/h1-2,5,8H,3-4,6H2. The summed E-state index contributed by atoms with van der Waals surface area (Å²) < 4.78 is 38.3. The zero-order valence-electron chi connectivity index (χ0n) is 9.68. The van der Waals surface area contributed by atoms with Crippen molar-refractivity contribution in [2.75, 3.05) is 13.1 Å². The first-order valence-corrected chi connectivity index (χ1v) is 6.82. The first kappa shape index (κ1) is 14.7. The molecule has 19 heavy (non-hydrogen) atoms. The molecule has 1 atom stereocenters. The van der Waals surface area contributed by atoms with Crippen LogP contribution in [0.25, 0.3) is 0 Å². The Morgan fingerprint density at radius 3 is 2.63 bits per heavy atom.